The molecule has 0 amide bonds. The summed E-state index contributed by atoms with van der Waals surface area (Å²) in [5.74, 6) is 1.11. The van der Waals surface area contributed by atoms with E-state index in [1.165, 1.54) is 0 Å². The Balaban J connectivity index is 2.01. The molecule has 0 aliphatic carbocycles. The minimum Gasteiger partial charge on any atom is -0.384 e. The van der Waals surface area contributed by atoms with Gasteiger partial charge in [-0.05, 0) is 31.7 Å². The lowest BCUT2D eigenvalue weighted by atomic mass is 9.86. The summed E-state index contributed by atoms with van der Waals surface area (Å²) >= 11 is 0. The molecule has 0 radical (unpaired) electrons. The maximum atomic E-state index is 5.95. The van der Waals surface area contributed by atoms with Crippen molar-refractivity contribution in [3.05, 3.63) is 12.3 Å². The lowest BCUT2D eigenvalue weighted by molar-refractivity contribution is -0.0865. The second kappa shape index (κ2) is 5.52. The Labute approximate surface area is 108 Å². The number of nitrogens with zero attached hydrogens (tertiary/aromatic N) is 2. The lowest BCUT2D eigenvalue weighted by Crippen LogP contribution is -2.43. The second-order valence-corrected chi connectivity index (χ2v) is 4.88. The van der Waals surface area contributed by atoms with Gasteiger partial charge in [0.1, 0.15) is 5.82 Å². The highest BCUT2D eigenvalue weighted by Gasteiger charge is 2.34. The Morgan fingerprint density at radius 3 is 2.94 bits per heavy atom. The van der Waals surface area contributed by atoms with E-state index < -0.39 is 0 Å². The second-order valence-electron chi connectivity index (χ2n) is 4.88. The van der Waals surface area contributed by atoms with Gasteiger partial charge in [0.25, 0.3) is 0 Å². The first-order chi connectivity index (χ1) is 8.67. The highest BCUT2D eigenvalue weighted by atomic mass is 16.5. The van der Waals surface area contributed by atoms with Crippen molar-refractivity contribution < 1.29 is 4.74 Å². The number of anilines is 2. The molecule has 1 aliphatic rings. The van der Waals surface area contributed by atoms with Gasteiger partial charge in [-0.3, -0.25) is 0 Å². The van der Waals surface area contributed by atoms with Crippen molar-refractivity contribution >= 4 is 11.8 Å². The molecule has 1 aromatic rings. The van der Waals surface area contributed by atoms with Crippen molar-refractivity contribution in [2.24, 2.45) is 0 Å². The molecule has 1 aliphatic heterocycles. The van der Waals surface area contributed by atoms with E-state index >= 15 is 0 Å². The molecule has 0 saturated carbocycles. The monoisotopic (exact) mass is 250 g/mol. The molecule has 2 heterocycles. The molecule has 3 N–H and O–H groups in total. The lowest BCUT2D eigenvalue weighted by Gasteiger charge is -2.40. The van der Waals surface area contributed by atoms with Gasteiger partial charge in [0, 0.05) is 18.8 Å². The molecular weight excluding hydrogens is 228 g/mol. The zero-order valence-electron chi connectivity index (χ0n) is 11.1. The predicted octanol–water partition coefficient (Wildman–Crippen LogP) is 2.21. The van der Waals surface area contributed by atoms with E-state index in [1.807, 2.05) is 0 Å². The highest BCUT2D eigenvalue weighted by molar-refractivity contribution is 5.35. The van der Waals surface area contributed by atoms with Crippen molar-refractivity contribution in [1.29, 1.82) is 0 Å². The first-order valence-electron chi connectivity index (χ1n) is 6.66. The van der Waals surface area contributed by atoms with Gasteiger partial charge in [-0.1, -0.05) is 13.8 Å². The highest BCUT2D eigenvalue weighted by Crippen LogP contribution is 2.32. The van der Waals surface area contributed by atoms with Crippen LogP contribution in [-0.2, 0) is 4.74 Å². The minimum atomic E-state index is 0.0102. The summed E-state index contributed by atoms with van der Waals surface area (Å²) in [7, 11) is 0. The van der Waals surface area contributed by atoms with E-state index in [4.69, 9.17) is 10.5 Å². The smallest absolute Gasteiger partial charge is 0.224 e. The molecule has 5 nitrogen and oxygen atoms in total. The molecule has 5 heteroatoms. The van der Waals surface area contributed by atoms with Crippen LogP contribution in [0.1, 0.15) is 39.5 Å². The number of hydrogen-bond donors (Lipinski definition) is 2. The number of aromatic nitrogens is 2. The summed E-state index contributed by atoms with van der Waals surface area (Å²) in [6.45, 7) is 5.16. The van der Waals surface area contributed by atoms with Gasteiger partial charge < -0.3 is 15.8 Å². The Kier molecular flexibility index (Phi) is 4.01. The van der Waals surface area contributed by atoms with Gasteiger partial charge in [0.05, 0.1) is 5.60 Å². The van der Waals surface area contributed by atoms with E-state index in [9.17, 15) is 0 Å². The zero-order chi connectivity index (χ0) is 13.0. The molecule has 0 spiro atoms. The van der Waals surface area contributed by atoms with Crippen molar-refractivity contribution in [2.75, 3.05) is 17.7 Å². The minimum absolute atomic E-state index is 0.0102. The molecule has 1 unspecified atom stereocenters. The Morgan fingerprint density at radius 2 is 2.28 bits per heavy atom. The van der Waals surface area contributed by atoms with Crippen LogP contribution < -0.4 is 11.1 Å². The Morgan fingerprint density at radius 1 is 1.50 bits per heavy atom. The van der Waals surface area contributed by atoms with Gasteiger partial charge >= 0.3 is 0 Å². The van der Waals surface area contributed by atoms with Crippen molar-refractivity contribution in [3.63, 3.8) is 0 Å². The van der Waals surface area contributed by atoms with E-state index in [1.54, 1.807) is 12.3 Å². The summed E-state index contributed by atoms with van der Waals surface area (Å²) in [5, 5.41) is 3.36. The van der Waals surface area contributed by atoms with Gasteiger partial charge in [-0.15, -0.1) is 0 Å². The molecule has 0 bridgehead atoms. The summed E-state index contributed by atoms with van der Waals surface area (Å²) in [5.41, 5.74) is 5.66. The summed E-state index contributed by atoms with van der Waals surface area (Å²) in [4.78, 5) is 8.37. The van der Waals surface area contributed by atoms with Crippen LogP contribution in [0, 0.1) is 0 Å². The zero-order valence-corrected chi connectivity index (χ0v) is 11.1. The van der Waals surface area contributed by atoms with E-state index in [2.05, 4.69) is 29.1 Å². The topological polar surface area (TPSA) is 73.1 Å². The number of nitrogens with two attached hydrogens (primary N) is 1. The molecule has 18 heavy (non-hydrogen) atoms. The van der Waals surface area contributed by atoms with Crippen LogP contribution >= 0.6 is 0 Å². The van der Waals surface area contributed by atoms with Crippen LogP contribution in [0.15, 0.2) is 12.3 Å². The average Bonchev–Trinajstić information content (AvgIpc) is 2.39. The van der Waals surface area contributed by atoms with E-state index in [0.717, 1.165) is 32.3 Å². The van der Waals surface area contributed by atoms with Crippen molar-refractivity contribution in [3.8, 4) is 0 Å². The third-order valence-corrected chi connectivity index (χ3v) is 3.79. The largest absolute Gasteiger partial charge is 0.384 e. The van der Waals surface area contributed by atoms with Crippen LogP contribution in [0.3, 0.4) is 0 Å². The first kappa shape index (κ1) is 13.1. The average molecular weight is 250 g/mol. The fourth-order valence-electron chi connectivity index (χ4n) is 2.52. The molecule has 2 rings (SSSR count). The van der Waals surface area contributed by atoms with Crippen molar-refractivity contribution in [1.82, 2.24) is 9.97 Å². The molecule has 1 aromatic heterocycles. The normalized spacial score (nSPS) is 22.7. The van der Waals surface area contributed by atoms with E-state index in [0.29, 0.717) is 17.8 Å². The first-order valence-corrected chi connectivity index (χ1v) is 6.66. The van der Waals surface area contributed by atoms with Crippen molar-refractivity contribution in [2.45, 2.75) is 51.2 Å². The number of nitrogens with one attached hydrogen (secondary N) is 1. The molecule has 1 fully saturated rings. The molecule has 100 valence electrons. The van der Waals surface area contributed by atoms with Gasteiger partial charge in [-0.2, -0.15) is 4.98 Å². The third kappa shape index (κ3) is 2.90. The molecule has 0 aromatic carbocycles. The SMILES string of the molecule is CCC1(CC)CC(Nc2nccc(N)n2)CCO1. The third-order valence-electron chi connectivity index (χ3n) is 3.79. The molecular formula is C13H22N4O. The summed E-state index contributed by atoms with van der Waals surface area (Å²) in [6.07, 6.45) is 5.74. The van der Waals surface area contributed by atoms with Gasteiger partial charge in [0.15, 0.2) is 0 Å². The van der Waals surface area contributed by atoms with Crippen LogP contribution in [0.2, 0.25) is 0 Å². The van der Waals surface area contributed by atoms with Crippen LogP contribution in [0.4, 0.5) is 11.8 Å². The van der Waals surface area contributed by atoms with Crippen LogP contribution in [-0.4, -0.2) is 28.2 Å². The molecule has 1 atom stereocenters. The molecule has 1 saturated heterocycles. The summed E-state index contributed by atoms with van der Waals surface area (Å²) in [6, 6.07) is 2.05. The Bertz CT molecular complexity index is 392. The number of hydrogen-bond acceptors (Lipinski definition) is 5. The predicted molar refractivity (Wildman–Crippen MR) is 72.4 cm³/mol. The van der Waals surface area contributed by atoms with Crippen LogP contribution in [0.25, 0.3) is 0 Å². The Hall–Kier alpha value is -1.36. The van der Waals surface area contributed by atoms with Gasteiger partial charge in [0.2, 0.25) is 5.95 Å². The summed E-state index contributed by atoms with van der Waals surface area (Å²) < 4.78 is 5.95. The maximum Gasteiger partial charge on any atom is 0.224 e. The quantitative estimate of drug-likeness (QED) is 0.857. The van der Waals surface area contributed by atoms with E-state index in [-0.39, 0.29) is 5.60 Å². The fourth-order valence-corrected chi connectivity index (χ4v) is 2.52. The standard InChI is InChI=1S/C13H22N4O/c1-3-13(4-2)9-10(6-8-18-13)16-12-15-7-5-11(14)17-12/h5,7,10H,3-4,6,8-9H2,1-2H3,(H3,14,15,16,17). The number of nitrogen functional groups attached to an aromatic ring is 1. The van der Waals surface area contributed by atoms with Gasteiger partial charge in [-0.25, -0.2) is 4.98 Å². The fraction of sp³-hybridized carbons (Fsp3) is 0.692. The van der Waals surface area contributed by atoms with Crippen LogP contribution in [0.5, 0.6) is 0 Å². The number of rotatable bonds is 4. The maximum absolute atomic E-state index is 5.95. The number of ether oxygens (including phenoxy) is 1.